The molecule has 2 amide bonds. The molecule has 0 radical (unpaired) electrons. The predicted octanol–water partition coefficient (Wildman–Crippen LogP) is 4.82. The average molecular weight is 383 g/mol. The summed E-state index contributed by atoms with van der Waals surface area (Å²) in [5.41, 5.74) is 1.20. The van der Waals surface area contributed by atoms with E-state index in [1.807, 2.05) is 59.5 Å². The first-order chi connectivity index (χ1) is 13.2. The summed E-state index contributed by atoms with van der Waals surface area (Å²) in [5, 5.41) is 2.93. The molecule has 2 aromatic carbocycles. The van der Waals surface area contributed by atoms with Crippen molar-refractivity contribution < 1.29 is 9.59 Å². The van der Waals surface area contributed by atoms with E-state index in [9.17, 15) is 9.59 Å². The molecule has 0 aromatic heterocycles. The number of nitrogens with zero attached hydrogens (tertiary/aromatic N) is 1. The van der Waals surface area contributed by atoms with Crippen molar-refractivity contribution in [3.8, 4) is 0 Å². The smallest absolute Gasteiger partial charge is 0.255 e. The van der Waals surface area contributed by atoms with Crippen molar-refractivity contribution in [2.24, 2.45) is 0 Å². The molecule has 1 aliphatic heterocycles. The number of anilines is 1. The molecule has 0 saturated carbocycles. The Balaban J connectivity index is 1.58. The summed E-state index contributed by atoms with van der Waals surface area (Å²) >= 11 is 1.66. The van der Waals surface area contributed by atoms with Crippen molar-refractivity contribution in [3.05, 3.63) is 60.2 Å². The number of rotatable bonds is 6. The number of carbonyl (C=O) groups excluding carboxylic acids is 2. The molecule has 142 valence electrons. The zero-order chi connectivity index (χ0) is 18.9. The van der Waals surface area contributed by atoms with Gasteiger partial charge >= 0.3 is 0 Å². The fraction of sp³-hybridized carbons (Fsp3) is 0.364. The van der Waals surface area contributed by atoms with Crippen LogP contribution in [0.2, 0.25) is 0 Å². The predicted molar refractivity (Wildman–Crippen MR) is 111 cm³/mol. The average Bonchev–Trinajstić information content (AvgIpc) is 2.98. The second-order valence-corrected chi connectivity index (χ2v) is 7.88. The molecule has 1 N–H and O–H groups in total. The number of hydrogen-bond donors (Lipinski definition) is 1. The lowest BCUT2D eigenvalue weighted by Gasteiger charge is -2.22. The van der Waals surface area contributed by atoms with Crippen LogP contribution in [0.1, 0.15) is 42.5 Å². The highest BCUT2D eigenvalue weighted by Crippen LogP contribution is 2.21. The van der Waals surface area contributed by atoms with Gasteiger partial charge in [0.1, 0.15) is 0 Å². The van der Waals surface area contributed by atoms with Crippen LogP contribution in [-0.2, 0) is 4.79 Å². The molecule has 0 unspecified atom stereocenters. The summed E-state index contributed by atoms with van der Waals surface area (Å²) in [7, 11) is 0. The van der Waals surface area contributed by atoms with E-state index in [1.165, 1.54) is 12.8 Å². The Morgan fingerprint density at radius 2 is 1.56 bits per heavy atom. The van der Waals surface area contributed by atoms with Crippen LogP contribution in [0.15, 0.2) is 59.5 Å². The first-order valence-electron chi connectivity index (χ1n) is 9.60. The van der Waals surface area contributed by atoms with Gasteiger partial charge in [0.25, 0.3) is 5.91 Å². The van der Waals surface area contributed by atoms with Crippen molar-refractivity contribution in [2.45, 2.75) is 37.0 Å². The Morgan fingerprint density at radius 1 is 0.889 bits per heavy atom. The molecule has 3 rings (SSSR count). The Kier molecular flexibility index (Phi) is 7.34. The third-order valence-electron chi connectivity index (χ3n) is 4.67. The lowest BCUT2D eigenvalue weighted by molar-refractivity contribution is -0.115. The minimum Gasteiger partial charge on any atom is -0.339 e. The topological polar surface area (TPSA) is 49.4 Å². The van der Waals surface area contributed by atoms with Crippen molar-refractivity contribution in [1.82, 2.24) is 4.90 Å². The maximum absolute atomic E-state index is 12.9. The normalized spacial score (nSPS) is 14.4. The minimum atomic E-state index is -0.0606. The van der Waals surface area contributed by atoms with E-state index in [0.717, 1.165) is 30.8 Å². The molecule has 0 spiro atoms. The summed E-state index contributed by atoms with van der Waals surface area (Å²) < 4.78 is 0. The number of thioether (sulfide) groups is 1. The maximum atomic E-state index is 12.9. The van der Waals surface area contributed by atoms with Crippen molar-refractivity contribution in [1.29, 1.82) is 0 Å². The molecule has 27 heavy (non-hydrogen) atoms. The van der Waals surface area contributed by atoms with E-state index in [0.29, 0.717) is 23.4 Å². The number of nitrogens with one attached hydrogen (secondary N) is 1. The molecule has 1 heterocycles. The molecule has 2 aromatic rings. The molecular weight excluding hydrogens is 356 g/mol. The first kappa shape index (κ1) is 19.5. The molecule has 0 bridgehead atoms. The van der Waals surface area contributed by atoms with E-state index in [2.05, 4.69) is 5.32 Å². The van der Waals surface area contributed by atoms with Gasteiger partial charge in [-0.3, -0.25) is 9.59 Å². The van der Waals surface area contributed by atoms with Crippen molar-refractivity contribution in [3.63, 3.8) is 0 Å². The van der Waals surface area contributed by atoms with Crippen LogP contribution in [0.3, 0.4) is 0 Å². The number of amides is 2. The molecule has 1 aliphatic rings. The van der Waals surface area contributed by atoms with E-state index >= 15 is 0 Å². The minimum absolute atomic E-state index is 0.0199. The Hall–Kier alpha value is -2.27. The van der Waals surface area contributed by atoms with Crippen LogP contribution in [-0.4, -0.2) is 35.6 Å². The quantitative estimate of drug-likeness (QED) is 0.729. The van der Waals surface area contributed by atoms with Gasteiger partial charge < -0.3 is 10.2 Å². The van der Waals surface area contributed by atoms with E-state index < -0.39 is 0 Å². The third-order valence-corrected chi connectivity index (χ3v) is 5.68. The fourth-order valence-electron chi connectivity index (χ4n) is 3.21. The molecule has 0 aliphatic carbocycles. The standard InChI is InChI=1S/C22H26N2O2S/c25-21(14-17-27-18-10-4-3-5-11-18)23-20-13-7-6-12-19(20)22(26)24-15-8-1-2-9-16-24/h3-7,10-13H,1-2,8-9,14-17H2,(H,23,25). The van der Waals surface area contributed by atoms with Crippen LogP contribution in [0.25, 0.3) is 0 Å². The largest absolute Gasteiger partial charge is 0.339 e. The first-order valence-corrected chi connectivity index (χ1v) is 10.6. The Bertz CT molecular complexity index is 756. The lowest BCUT2D eigenvalue weighted by Crippen LogP contribution is -2.32. The SMILES string of the molecule is O=C(CCSc1ccccc1)Nc1ccccc1C(=O)N1CCCCCC1. The Morgan fingerprint density at radius 3 is 2.30 bits per heavy atom. The number of para-hydroxylation sites is 1. The van der Waals surface area contributed by atoms with Gasteiger partial charge in [-0.05, 0) is 37.1 Å². The fourth-order valence-corrected chi connectivity index (χ4v) is 4.09. The van der Waals surface area contributed by atoms with Gasteiger partial charge in [-0.2, -0.15) is 0 Å². The van der Waals surface area contributed by atoms with Crippen molar-refractivity contribution in [2.75, 3.05) is 24.2 Å². The van der Waals surface area contributed by atoms with Crippen LogP contribution < -0.4 is 5.32 Å². The molecular formula is C22H26N2O2S. The summed E-state index contributed by atoms with van der Waals surface area (Å²) in [5.74, 6) is 0.666. The highest BCUT2D eigenvalue weighted by molar-refractivity contribution is 7.99. The van der Waals surface area contributed by atoms with Crippen LogP contribution in [0.4, 0.5) is 5.69 Å². The summed E-state index contributed by atoms with van der Waals surface area (Å²) in [6.07, 6.45) is 4.88. The highest BCUT2D eigenvalue weighted by Gasteiger charge is 2.20. The molecule has 0 atom stereocenters. The summed E-state index contributed by atoms with van der Waals surface area (Å²) in [6, 6.07) is 17.4. The third kappa shape index (κ3) is 5.86. The number of benzene rings is 2. The monoisotopic (exact) mass is 382 g/mol. The second-order valence-electron chi connectivity index (χ2n) is 6.71. The molecule has 1 fully saturated rings. The zero-order valence-corrected chi connectivity index (χ0v) is 16.3. The Labute approximate surface area is 165 Å². The maximum Gasteiger partial charge on any atom is 0.255 e. The summed E-state index contributed by atoms with van der Waals surface area (Å²) in [4.78, 5) is 28.4. The molecule has 1 saturated heterocycles. The second kappa shape index (κ2) is 10.2. The van der Waals surface area contributed by atoms with Gasteiger partial charge in [0.2, 0.25) is 5.91 Å². The van der Waals surface area contributed by atoms with Crippen LogP contribution >= 0.6 is 11.8 Å². The molecule has 5 heteroatoms. The van der Waals surface area contributed by atoms with Gasteiger partial charge in [0, 0.05) is 30.2 Å². The van der Waals surface area contributed by atoms with Gasteiger partial charge in [-0.25, -0.2) is 0 Å². The number of likely N-dealkylation sites (tertiary alicyclic amines) is 1. The summed E-state index contributed by atoms with van der Waals surface area (Å²) in [6.45, 7) is 1.60. The highest BCUT2D eigenvalue weighted by atomic mass is 32.2. The zero-order valence-electron chi connectivity index (χ0n) is 15.5. The number of carbonyl (C=O) groups is 2. The van der Waals surface area contributed by atoms with Gasteiger partial charge in [0.15, 0.2) is 0 Å². The lowest BCUT2D eigenvalue weighted by atomic mass is 10.1. The van der Waals surface area contributed by atoms with Crippen LogP contribution in [0, 0.1) is 0 Å². The van der Waals surface area contributed by atoms with Crippen molar-refractivity contribution >= 4 is 29.3 Å². The van der Waals surface area contributed by atoms with E-state index in [4.69, 9.17) is 0 Å². The number of hydrogen-bond acceptors (Lipinski definition) is 3. The van der Waals surface area contributed by atoms with Gasteiger partial charge in [-0.1, -0.05) is 43.2 Å². The van der Waals surface area contributed by atoms with Gasteiger partial charge in [0.05, 0.1) is 11.3 Å². The van der Waals surface area contributed by atoms with Gasteiger partial charge in [-0.15, -0.1) is 11.8 Å². The van der Waals surface area contributed by atoms with E-state index in [-0.39, 0.29) is 11.8 Å². The van der Waals surface area contributed by atoms with Crippen LogP contribution in [0.5, 0.6) is 0 Å². The molecule has 4 nitrogen and oxygen atoms in total. The van der Waals surface area contributed by atoms with E-state index in [1.54, 1.807) is 11.8 Å².